The number of hydrogen-bond donors (Lipinski definition) is 2. The first-order valence-corrected chi connectivity index (χ1v) is 8.66. The van der Waals surface area contributed by atoms with Crippen molar-refractivity contribution in [2.75, 3.05) is 0 Å². The summed E-state index contributed by atoms with van der Waals surface area (Å²) in [6.07, 6.45) is 0. The van der Waals surface area contributed by atoms with E-state index >= 15 is 0 Å². The Morgan fingerprint density at radius 1 is 1.22 bits per heavy atom. The Labute approximate surface area is 160 Å². The summed E-state index contributed by atoms with van der Waals surface area (Å²) in [6, 6.07) is 8.45. The van der Waals surface area contributed by atoms with Crippen molar-refractivity contribution in [1.29, 1.82) is 0 Å². The summed E-state index contributed by atoms with van der Waals surface area (Å²) in [7, 11) is 1.76. The topological polar surface area (TPSA) is 71.3 Å². The molecular weight excluding hydrogens is 371 g/mol. The lowest BCUT2D eigenvalue weighted by Crippen LogP contribution is -2.28. The molecule has 2 N–H and O–H groups in total. The molecule has 0 aliphatic heterocycles. The van der Waals surface area contributed by atoms with Gasteiger partial charge in [-0.15, -0.1) is 0 Å². The van der Waals surface area contributed by atoms with Gasteiger partial charge in [0.2, 0.25) is 0 Å². The first kappa shape index (κ1) is 18.9. The van der Waals surface area contributed by atoms with Crippen LogP contribution in [-0.4, -0.2) is 21.6 Å². The maximum absolute atomic E-state index is 14.2. The molecule has 3 aromatic rings. The van der Waals surface area contributed by atoms with Gasteiger partial charge in [0, 0.05) is 23.5 Å². The number of benzene rings is 2. The standard InChI is InChI=1S/C20H18ClFN2O3/c1-10-4-7-16-14(18(10)21)9-17(24(16)3)19(25)23-11(2)13-6-5-12(20(26)27)8-15(13)22/h4-9,11H,1-3H3,(H,23,25)(H,26,27). The van der Waals surface area contributed by atoms with Gasteiger partial charge in [0.25, 0.3) is 5.91 Å². The Bertz CT molecular complexity index is 1070. The molecule has 2 aromatic carbocycles. The Balaban J connectivity index is 1.89. The number of rotatable bonds is 4. The third-order valence-corrected chi connectivity index (χ3v) is 5.15. The molecule has 0 bridgehead atoms. The molecule has 0 fully saturated rings. The Morgan fingerprint density at radius 2 is 1.93 bits per heavy atom. The number of fused-ring (bicyclic) bond motifs is 1. The zero-order valence-corrected chi connectivity index (χ0v) is 15.8. The Kier molecular flexibility index (Phi) is 4.93. The minimum atomic E-state index is -1.21. The average Bonchev–Trinajstić information content (AvgIpc) is 2.95. The molecule has 27 heavy (non-hydrogen) atoms. The van der Waals surface area contributed by atoms with E-state index in [1.807, 2.05) is 19.1 Å². The number of aromatic carboxylic acids is 1. The molecule has 5 nitrogen and oxygen atoms in total. The maximum Gasteiger partial charge on any atom is 0.335 e. The molecule has 1 aromatic heterocycles. The van der Waals surface area contributed by atoms with E-state index in [-0.39, 0.29) is 17.0 Å². The molecule has 7 heteroatoms. The zero-order valence-electron chi connectivity index (χ0n) is 15.0. The van der Waals surface area contributed by atoms with Crippen LogP contribution in [0.5, 0.6) is 0 Å². The molecular formula is C20H18ClFN2O3. The highest BCUT2D eigenvalue weighted by molar-refractivity contribution is 6.36. The molecule has 3 rings (SSSR count). The highest BCUT2D eigenvalue weighted by Crippen LogP contribution is 2.29. The van der Waals surface area contributed by atoms with Gasteiger partial charge in [0.05, 0.1) is 16.6 Å². The summed E-state index contributed by atoms with van der Waals surface area (Å²) in [5, 5.41) is 13.0. The van der Waals surface area contributed by atoms with Gasteiger partial charge < -0.3 is 15.0 Å². The Morgan fingerprint density at radius 3 is 2.56 bits per heavy atom. The van der Waals surface area contributed by atoms with Crippen LogP contribution in [0.3, 0.4) is 0 Å². The number of hydrogen-bond acceptors (Lipinski definition) is 2. The minimum absolute atomic E-state index is 0.145. The second-order valence-electron chi connectivity index (χ2n) is 6.45. The molecule has 0 radical (unpaired) electrons. The second-order valence-corrected chi connectivity index (χ2v) is 6.83. The lowest BCUT2D eigenvalue weighted by atomic mass is 10.0. The van der Waals surface area contributed by atoms with Crippen LogP contribution in [0.15, 0.2) is 36.4 Å². The lowest BCUT2D eigenvalue weighted by Gasteiger charge is -2.16. The number of carbonyl (C=O) groups excluding carboxylic acids is 1. The summed E-state index contributed by atoms with van der Waals surface area (Å²) in [4.78, 5) is 23.6. The van der Waals surface area contributed by atoms with Gasteiger partial charge in [0.15, 0.2) is 0 Å². The molecule has 140 valence electrons. The van der Waals surface area contributed by atoms with Crippen LogP contribution < -0.4 is 5.32 Å². The highest BCUT2D eigenvalue weighted by atomic mass is 35.5. The molecule has 1 heterocycles. The van der Waals surface area contributed by atoms with Gasteiger partial charge >= 0.3 is 5.97 Å². The number of carbonyl (C=O) groups is 2. The van der Waals surface area contributed by atoms with Crippen molar-refractivity contribution in [3.8, 4) is 0 Å². The molecule has 0 saturated heterocycles. The number of aryl methyl sites for hydroxylation is 2. The summed E-state index contributed by atoms with van der Waals surface area (Å²) < 4.78 is 15.9. The van der Waals surface area contributed by atoms with Crippen molar-refractivity contribution in [2.24, 2.45) is 7.05 Å². The van der Waals surface area contributed by atoms with Gasteiger partial charge in [-0.05, 0) is 43.7 Å². The fourth-order valence-electron chi connectivity index (χ4n) is 3.06. The van der Waals surface area contributed by atoms with E-state index < -0.39 is 17.8 Å². The van der Waals surface area contributed by atoms with Crippen LogP contribution in [0.25, 0.3) is 10.9 Å². The Hall–Kier alpha value is -2.86. The first-order valence-electron chi connectivity index (χ1n) is 8.29. The van der Waals surface area contributed by atoms with Crippen molar-refractivity contribution in [3.05, 3.63) is 69.6 Å². The SMILES string of the molecule is Cc1ccc2c(cc(C(=O)NC(C)c3ccc(C(=O)O)cc3F)n2C)c1Cl. The second kappa shape index (κ2) is 7.04. The smallest absolute Gasteiger partial charge is 0.335 e. The van der Waals surface area contributed by atoms with Crippen molar-refractivity contribution < 1.29 is 19.1 Å². The van der Waals surface area contributed by atoms with E-state index in [2.05, 4.69) is 5.32 Å². The van der Waals surface area contributed by atoms with Gasteiger partial charge in [-0.3, -0.25) is 4.79 Å². The van der Waals surface area contributed by atoms with Crippen molar-refractivity contribution >= 4 is 34.4 Å². The van der Waals surface area contributed by atoms with Crippen LogP contribution in [0.1, 0.15) is 44.9 Å². The van der Waals surface area contributed by atoms with E-state index in [9.17, 15) is 14.0 Å². The van der Waals surface area contributed by atoms with Crippen LogP contribution in [0.4, 0.5) is 4.39 Å². The van der Waals surface area contributed by atoms with Gasteiger partial charge in [-0.1, -0.05) is 23.7 Å². The molecule has 0 aliphatic rings. The quantitative estimate of drug-likeness (QED) is 0.692. The number of nitrogens with zero attached hydrogens (tertiary/aromatic N) is 1. The third kappa shape index (κ3) is 3.40. The highest BCUT2D eigenvalue weighted by Gasteiger charge is 2.20. The summed E-state index contributed by atoms with van der Waals surface area (Å²) >= 11 is 6.34. The van der Waals surface area contributed by atoms with E-state index in [4.69, 9.17) is 16.7 Å². The first-order chi connectivity index (χ1) is 12.7. The largest absolute Gasteiger partial charge is 0.478 e. The normalized spacial score (nSPS) is 12.2. The van der Waals surface area contributed by atoms with Gasteiger partial charge in [0.1, 0.15) is 11.5 Å². The average molecular weight is 389 g/mol. The zero-order chi connectivity index (χ0) is 19.9. The number of amides is 1. The predicted octanol–water partition coefficient (Wildman–Crippen LogP) is 4.47. The predicted molar refractivity (Wildman–Crippen MR) is 102 cm³/mol. The molecule has 0 spiro atoms. The van der Waals surface area contributed by atoms with Crippen LogP contribution in [0, 0.1) is 12.7 Å². The summed E-state index contributed by atoms with van der Waals surface area (Å²) in [5.74, 6) is -2.27. The monoisotopic (exact) mass is 388 g/mol. The van der Waals surface area contributed by atoms with Crippen LogP contribution >= 0.6 is 11.6 Å². The number of halogens is 2. The van der Waals surface area contributed by atoms with E-state index in [0.29, 0.717) is 10.7 Å². The number of carboxylic acids is 1. The fraction of sp³-hybridized carbons (Fsp3) is 0.200. The number of aromatic nitrogens is 1. The molecule has 0 aliphatic carbocycles. The van der Waals surface area contributed by atoms with Crippen LogP contribution in [0.2, 0.25) is 5.02 Å². The van der Waals surface area contributed by atoms with E-state index in [1.54, 1.807) is 24.6 Å². The summed E-state index contributed by atoms with van der Waals surface area (Å²) in [5.41, 5.74) is 2.19. The van der Waals surface area contributed by atoms with Crippen molar-refractivity contribution in [1.82, 2.24) is 9.88 Å². The van der Waals surface area contributed by atoms with Gasteiger partial charge in [-0.2, -0.15) is 0 Å². The van der Waals surface area contributed by atoms with Crippen LogP contribution in [-0.2, 0) is 7.05 Å². The fourth-order valence-corrected chi connectivity index (χ4v) is 3.28. The minimum Gasteiger partial charge on any atom is -0.478 e. The lowest BCUT2D eigenvalue weighted by molar-refractivity contribution is 0.0695. The maximum atomic E-state index is 14.2. The van der Waals surface area contributed by atoms with Crippen molar-refractivity contribution in [3.63, 3.8) is 0 Å². The van der Waals surface area contributed by atoms with E-state index in [0.717, 1.165) is 22.5 Å². The van der Waals surface area contributed by atoms with Gasteiger partial charge in [-0.25, -0.2) is 9.18 Å². The van der Waals surface area contributed by atoms with E-state index in [1.165, 1.54) is 12.1 Å². The molecule has 1 atom stereocenters. The molecule has 1 amide bonds. The number of carboxylic acid groups (broad SMARTS) is 1. The molecule has 1 unspecified atom stereocenters. The number of nitrogens with one attached hydrogen (secondary N) is 1. The third-order valence-electron chi connectivity index (χ3n) is 4.65. The summed E-state index contributed by atoms with van der Waals surface area (Å²) in [6.45, 7) is 3.52. The van der Waals surface area contributed by atoms with Crippen molar-refractivity contribution in [2.45, 2.75) is 19.9 Å². The molecule has 0 saturated carbocycles.